The molecule has 33 heavy (non-hydrogen) atoms. The molecule has 1 aromatic carbocycles. The molecule has 0 saturated carbocycles. The summed E-state index contributed by atoms with van der Waals surface area (Å²) in [6.07, 6.45) is 0.971. The van der Waals surface area contributed by atoms with Gasteiger partial charge in [0.25, 0.3) is 5.91 Å². The van der Waals surface area contributed by atoms with Crippen LogP contribution in [-0.4, -0.2) is 71.0 Å². The van der Waals surface area contributed by atoms with Gasteiger partial charge in [-0.05, 0) is 37.5 Å². The fourth-order valence-electron chi connectivity index (χ4n) is 3.23. The second-order valence-electron chi connectivity index (χ2n) is 7.48. The van der Waals surface area contributed by atoms with Gasteiger partial charge in [0.2, 0.25) is 11.8 Å². The Bertz CT molecular complexity index is 910. The number of halogens is 1. The Morgan fingerprint density at radius 1 is 1.18 bits per heavy atom. The van der Waals surface area contributed by atoms with E-state index in [0.717, 1.165) is 6.07 Å². The van der Waals surface area contributed by atoms with Crippen molar-refractivity contribution in [2.45, 2.75) is 50.2 Å². The zero-order valence-corrected chi connectivity index (χ0v) is 17.7. The molecule has 12 heteroatoms. The normalized spacial score (nSPS) is 17.4. The van der Waals surface area contributed by atoms with Crippen LogP contribution in [0.25, 0.3) is 0 Å². The predicted octanol–water partition coefficient (Wildman–Crippen LogP) is -0.443. The van der Waals surface area contributed by atoms with Gasteiger partial charge in [-0.3, -0.25) is 24.2 Å². The number of nitrogens with zero attached hydrogens (tertiary/aromatic N) is 1. The van der Waals surface area contributed by atoms with Crippen LogP contribution in [0.4, 0.5) is 4.39 Å². The van der Waals surface area contributed by atoms with Crippen LogP contribution in [0.15, 0.2) is 24.3 Å². The highest BCUT2D eigenvalue weighted by Gasteiger charge is 2.29. The molecule has 3 atom stereocenters. The van der Waals surface area contributed by atoms with Crippen LogP contribution in [0, 0.1) is 5.82 Å². The number of amides is 3. The second-order valence-corrected chi connectivity index (χ2v) is 7.48. The highest BCUT2D eigenvalue weighted by atomic mass is 19.1. The predicted molar refractivity (Wildman–Crippen MR) is 111 cm³/mol. The van der Waals surface area contributed by atoms with E-state index >= 15 is 0 Å². The van der Waals surface area contributed by atoms with Crippen molar-refractivity contribution in [1.29, 1.82) is 0 Å². The molecule has 0 aliphatic carbocycles. The lowest BCUT2D eigenvalue weighted by molar-refractivity contribution is -0.140. The van der Waals surface area contributed by atoms with Crippen LogP contribution in [0.5, 0.6) is 0 Å². The largest absolute Gasteiger partial charge is 0.481 e. The summed E-state index contributed by atoms with van der Waals surface area (Å²) in [5.41, 5.74) is 2.78. The standard InChI is InChI=1S/C21H25FN4O7/c22-14-4-1-3-13(9-14)20(32)23-15(11-27)6-7-18(29)26-8-2-5-17(25-26)21(33)24-16(12-28)10-19(30)31/h1,3-4,9,11-12,15-17,25H,2,5-8,10H2,(H,23,32)(H,24,33)(H,30,31)/t15?,16-,17-/m0/s1. The van der Waals surface area contributed by atoms with Gasteiger partial charge in [-0.1, -0.05) is 6.07 Å². The smallest absolute Gasteiger partial charge is 0.305 e. The molecular formula is C21H25FN4O7. The number of hydrogen-bond acceptors (Lipinski definition) is 7. The van der Waals surface area contributed by atoms with Crippen LogP contribution in [0.3, 0.4) is 0 Å². The lowest BCUT2D eigenvalue weighted by Gasteiger charge is -2.33. The first-order chi connectivity index (χ1) is 15.7. The Balaban J connectivity index is 1.86. The van der Waals surface area contributed by atoms with Crippen molar-refractivity contribution < 1.29 is 38.3 Å². The molecule has 0 aromatic heterocycles. The third-order valence-electron chi connectivity index (χ3n) is 4.93. The number of carbonyl (C=O) groups is 6. The molecule has 1 saturated heterocycles. The minimum Gasteiger partial charge on any atom is -0.481 e. The van der Waals surface area contributed by atoms with E-state index in [4.69, 9.17) is 5.11 Å². The van der Waals surface area contributed by atoms with E-state index in [2.05, 4.69) is 16.1 Å². The van der Waals surface area contributed by atoms with Crippen molar-refractivity contribution in [1.82, 2.24) is 21.1 Å². The molecule has 1 fully saturated rings. The number of hydrogen-bond donors (Lipinski definition) is 4. The minimum atomic E-state index is -1.24. The molecule has 1 heterocycles. The molecular weight excluding hydrogens is 439 g/mol. The first-order valence-corrected chi connectivity index (χ1v) is 10.3. The van der Waals surface area contributed by atoms with Gasteiger partial charge in [-0.25, -0.2) is 9.82 Å². The number of carbonyl (C=O) groups excluding carboxylic acids is 5. The van der Waals surface area contributed by atoms with Crippen LogP contribution < -0.4 is 16.1 Å². The molecule has 2 rings (SSSR count). The zero-order valence-electron chi connectivity index (χ0n) is 17.7. The maximum absolute atomic E-state index is 13.3. The number of aliphatic carboxylic acids is 1. The summed E-state index contributed by atoms with van der Waals surface area (Å²) in [6, 6.07) is 1.95. The number of carboxylic acid groups (broad SMARTS) is 1. The molecule has 1 aromatic rings. The van der Waals surface area contributed by atoms with Gasteiger partial charge in [0.05, 0.1) is 18.5 Å². The van der Waals surface area contributed by atoms with Crippen molar-refractivity contribution in [2.24, 2.45) is 0 Å². The lowest BCUT2D eigenvalue weighted by atomic mass is 10.1. The Kier molecular flexibility index (Phi) is 9.61. The third-order valence-corrected chi connectivity index (χ3v) is 4.93. The van der Waals surface area contributed by atoms with Crippen LogP contribution in [0.2, 0.25) is 0 Å². The monoisotopic (exact) mass is 464 g/mol. The molecule has 1 aliphatic heterocycles. The van der Waals surface area contributed by atoms with Gasteiger partial charge >= 0.3 is 5.97 Å². The molecule has 1 unspecified atom stereocenters. The van der Waals surface area contributed by atoms with Gasteiger partial charge in [0.15, 0.2) is 0 Å². The number of rotatable bonds is 11. The fraction of sp³-hybridized carbons (Fsp3) is 0.429. The summed E-state index contributed by atoms with van der Waals surface area (Å²) in [6.45, 7) is 0.302. The fourth-order valence-corrected chi connectivity index (χ4v) is 3.23. The van der Waals surface area contributed by atoms with E-state index in [1.165, 1.54) is 23.2 Å². The average molecular weight is 464 g/mol. The van der Waals surface area contributed by atoms with Gasteiger partial charge in [-0.2, -0.15) is 0 Å². The van der Waals surface area contributed by atoms with E-state index in [9.17, 15) is 33.2 Å². The van der Waals surface area contributed by atoms with Crippen molar-refractivity contribution in [3.05, 3.63) is 35.6 Å². The van der Waals surface area contributed by atoms with Crippen molar-refractivity contribution in [3.8, 4) is 0 Å². The minimum absolute atomic E-state index is 0.00966. The van der Waals surface area contributed by atoms with Crippen LogP contribution in [-0.2, 0) is 24.0 Å². The zero-order chi connectivity index (χ0) is 24.4. The van der Waals surface area contributed by atoms with Crippen molar-refractivity contribution >= 4 is 36.3 Å². The first kappa shape index (κ1) is 25.6. The number of benzene rings is 1. The maximum Gasteiger partial charge on any atom is 0.305 e. The van der Waals surface area contributed by atoms with E-state index < -0.39 is 54.1 Å². The Labute approximate surface area is 188 Å². The summed E-state index contributed by atoms with van der Waals surface area (Å²) in [5, 5.41) is 14.7. The molecule has 3 amide bonds. The van der Waals surface area contributed by atoms with Gasteiger partial charge < -0.3 is 25.3 Å². The number of carboxylic acids is 1. The molecule has 0 radical (unpaired) electrons. The van der Waals surface area contributed by atoms with Crippen LogP contribution >= 0.6 is 0 Å². The summed E-state index contributed by atoms with van der Waals surface area (Å²) in [5.74, 6) is -3.53. The molecule has 178 valence electrons. The molecule has 1 aliphatic rings. The summed E-state index contributed by atoms with van der Waals surface area (Å²) in [4.78, 5) is 70.0. The van der Waals surface area contributed by atoms with Crippen LogP contribution in [0.1, 0.15) is 42.5 Å². The van der Waals surface area contributed by atoms with Gasteiger partial charge in [0, 0.05) is 18.5 Å². The quantitative estimate of drug-likeness (QED) is 0.320. The highest BCUT2D eigenvalue weighted by Crippen LogP contribution is 2.11. The van der Waals surface area contributed by atoms with Gasteiger partial charge in [-0.15, -0.1) is 0 Å². The van der Waals surface area contributed by atoms with Crippen molar-refractivity contribution in [3.63, 3.8) is 0 Å². The van der Waals surface area contributed by atoms with E-state index in [1.54, 1.807) is 0 Å². The summed E-state index contributed by atoms with van der Waals surface area (Å²) < 4.78 is 13.3. The second kappa shape index (κ2) is 12.4. The number of nitrogens with one attached hydrogen (secondary N) is 3. The van der Waals surface area contributed by atoms with Gasteiger partial charge in [0.1, 0.15) is 24.4 Å². The summed E-state index contributed by atoms with van der Waals surface area (Å²) in [7, 11) is 0. The maximum atomic E-state index is 13.3. The summed E-state index contributed by atoms with van der Waals surface area (Å²) >= 11 is 0. The number of aldehydes is 2. The molecule has 0 bridgehead atoms. The lowest BCUT2D eigenvalue weighted by Crippen LogP contribution is -2.58. The van der Waals surface area contributed by atoms with E-state index in [1.807, 2.05) is 0 Å². The Hall–Kier alpha value is -3.67. The van der Waals surface area contributed by atoms with Crippen molar-refractivity contribution in [2.75, 3.05) is 6.54 Å². The Morgan fingerprint density at radius 3 is 2.55 bits per heavy atom. The highest BCUT2D eigenvalue weighted by molar-refractivity contribution is 5.95. The topological polar surface area (TPSA) is 162 Å². The number of hydrazine groups is 1. The molecule has 4 N–H and O–H groups in total. The SMILES string of the molecule is O=CC(CCC(=O)N1CCC[C@@H](C(=O)N[C@H](C=O)CC(=O)O)N1)NC(=O)c1cccc(F)c1. The first-order valence-electron chi connectivity index (χ1n) is 10.3. The third kappa shape index (κ3) is 8.07. The average Bonchev–Trinajstić information content (AvgIpc) is 2.80. The van der Waals surface area contributed by atoms with E-state index in [0.29, 0.717) is 32.0 Å². The molecule has 11 nitrogen and oxygen atoms in total. The molecule has 0 spiro atoms. The Morgan fingerprint density at radius 2 is 1.91 bits per heavy atom. The van der Waals surface area contributed by atoms with E-state index in [-0.39, 0.29) is 18.4 Å².